The first-order valence-electron chi connectivity index (χ1n) is 5.55. The molecule has 5 heteroatoms. The highest BCUT2D eigenvalue weighted by molar-refractivity contribution is 7.09. The average Bonchev–Trinajstić information content (AvgIpc) is 2.70. The van der Waals surface area contributed by atoms with Gasteiger partial charge in [0.05, 0.1) is 5.01 Å². The Balaban J connectivity index is 1.99. The smallest absolute Gasteiger partial charge is 0.355 e. The lowest BCUT2D eigenvalue weighted by atomic mass is 10.0. The molecule has 1 unspecified atom stereocenters. The molecule has 0 aromatic carbocycles. The normalized spacial score (nSPS) is 22.2. The molecule has 0 spiro atoms. The van der Waals surface area contributed by atoms with Crippen LogP contribution in [-0.2, 0) is 6.42 Å². The third kappa shape index (κ3) is 2.59. The molecule has 1 N–H and O–H groups in total. The molecule has 0 saturated carbocycles. The van der Waals surface area contributed by atoms with E-state index in [2.05, 4.69) is 16.9 Å². The number of thiazole rings is 1. The highest BCUT2D eigenvalue weighted by atomic mass is 32.1. The number of aromatic carboxylic acids is 1. The van der Waals surface area contributed by atoms with Gasteiger partial charge in [-0.05, 0) is 26.4 Å². The molecule has 16 heavy (non-hydrogen) atoms. The first-order valence-corrected chi connectivity index (χ1v) is 6.42. The lowest BCUT2D eigenvalue weighted by Gasteiger charge is -2.31. The summed E-state index contributed by atoms with van der Waals surface area (Å²) in [6.07, 6.45) is 4.62. The van der Waals surface area contributed by atoms with Gasteiger partial charge in [0.1, 0.15) is 0 Å². The van der Waals surface area contributed by atoms with Crippen molar-refractivity contribution < 1.29 is 9.90 Å². The Labute approximate surface area is 98.9 Å². The minimum atomic E-state index is -0.931. The van der Waals surface area contributed by atoms with E-state index in [0.29, 0.717) is 6.04 Å². The van der Waals surface area contributed by atoms with Crippen molar-refractivity contribution in [1.29, 1.82) is 0 Å². The highest BCUT2D eigenvalue weighted by Crippen LogP contribution is 2.20. The maximum absolute atomic E-state index is 10.7. The van der Waals surface area contributed by atoms with Crippen LogP contribution in [0.15, 0.2) is 5.38 Å². The number of hydrogen-bond donors (Lipinski definition) is 1. The number of carboxylic acids is 1. The van der Waals surface area contributed by atoms with Crippen molar-refractivity contribution in [2.75, 3.05) is 13.6 Å². The van der Waals surface area contributed by atoms with Gasteiger partial charge in [0.2, 0.25) is 0 Å². The molecule has 0 bridgehead atoms. The quantitative estimate of drug-likeness (QED) is 0.876. The lowest BCUT2D eigenvalue weighted by molar-refractivity contribution is 0.0691. The van der Waals surface area contributed by atoms with Gasteiger partial charge < -0.3 is 10.0 Å². The van der Waals surface area contributed by atoms with E-state index in [1.165, 1.54) is 30.6 Å². The molecule has 1 atom stereocenters. The van der Waals surface area contributed by atoms with Gasteiger partial charge in [-0.2, -0.15) is 0 Å². The van der Waals surface area contributed by atoms with Crippen LogP contribution in [0.3, 0.4) is 0 Å². The van der Waals surface area contributed by atoms with Gasteiger partial charge in [0, 0.05) is 17.8 Å². The Kier molecular flexibility index (Phi) is 3.56. The molecular formula is C11H16N2O2S. The van der Waals surface area contributed by atoms with Gasteiger partial charge in [0.25, 0.3) is 0 Å². The van der Waals surface area contributed by atoms with E-state index in [0.717, 1.165) is 18.0 Å². The molecule has 1 aliphatic rings. The fraction of sp³-hybridized carbons (Fsp3) is 0.636. The number of aromatic nitrogens is 1. The van der Waals surface area contributed by atoms with Crippen LogP contribution in [0.4, 0.5) is 0 Å². The summed E-state index contributed by atoms with van der Waals surface area (Å²) in [7, 11) is 2.13. The molecule has 1 aliphatic heterocycles. The molecular weight excluding hydrogens is 224 g/mol. The summed E-state index contributed by atoms with van der Waals surface area (Å²) >= 11 is 1.45. The number of carbonyl (C=O) groups is 1. The summed E-state index contributed by atoms with van der Waals surface area (Å²) in [5.74, 6) is -0.931. The Morgan fingerprint density at radius 3 is 3.12 bits per heavy atom. The summed E-state index contributed by atoms with van der Waals surface area (Å²) < 4.78 is 0. The van der Waals surface area contributed by atoms with Gasteiger partial charge in [-0.25, -0.2) is 9.78 Å². The van der Waals surface area contributed by atoms with E-state index in [1.807, 2.05) is 0 Å². The Morgan fingerprint density at radius 1 is 1.69 bits per heavy atom. The maximum Gasteiger partial charge on any atom is 0.355 e. The van der Waals surface area contributed by atoms with Crippen molar-refractivity contribution in [1.82, 2.24) is 9.88 Å². The van der Waals surface area contributed by atoms with Crippen LogP contribution in [0.1, 0.15) is 34.8 Å². The van der Waals surface area contributed by atoms with Crippen LogP contribution in [0, 0.1) is 0 Å². The van der Waals surface area contributed by atoms with Crippen LogP contribution >= 0.6 is 11.3 Å². The van der Waals surface area contributed by atoms with Crippen molar-refractivity contribution in [3.63, 3.8) is 0 Å². The number of carboxylic acid groups (broad SMARTS) is 1. The first kappa shape index (κ1) is 11.5. The van der Waals surface area contributed by atoms with Gasteiger partial charge in [-0.3, -0.25) is 0 Å². The van der Waals surface area contributed by atoms with Crippen LogP contribution in [0.2, 0.25) is 0 Å². The number of nitrogens with zero attached hydrogens (tertiary/aromatic N) is 2. The average molecular weight is 240 g/mol. The van der Waals surface area contributed by atoms with Crippen molar-refractivity contribution in [2.24, 2.45) is 0 Å². The molecule has 0 radical (unpaired) electrons. The molecule has 0 aliphatic carbocycles. The Bertz CT molecular complexity index is 378. The van der Waals surface area contributed by atoms with Crippen LogP contribution in [-0.4, -0.2) is 40.6 Å². The van der Waals surface area contributed by atoms with Crippen LogP contribution in [0.5, 0.6) is 0 Å². The predicted molar refractivity (Wildman–Crippen MR) is 63.0 cm³/mol. The van der Waals surface area contributed by atoms with E-state index >= 15 is 0 Å². The summed E-state index contributed by atoms with van der Waals surface area (Å²) in [5.41, 5.74) is 0.179. The van der Waals surface area contributed by atoms with E-state index in [4.69, 9.17) is 5.11 Å². The molecule has 0 amide bonds. The van der Waals surface area contributed by atoms with E-state index in [9.17, 15) is 4.79 Å². The highest BCUT2D eigenvalue weighted by Gasteiger charge is 2.20. The molecule has 1 aromatic rings. The number of likely N-dealkylation sites (N-methyl/N-ethyl adjacent to an activating group) is 1. The van der Waals surface area contributed by atoms with Crippen molar-refractivity contribution in [2.45, 2.75) is 31.7 Å². The zero-order valence-electron chi connectivity index (χ0n) is 9.35. The van der Waals surface area contributed by atoms with E-state index < -0.39 is 5.97 Å². The van der Waals surface area contributed by atoms with Gasteiger partial charge >= 0.3 is 5.97 Å². The van der Waals surface area contributed by atoms with Gasteiger partial charge in [0.15, 0.2) is 5.69 Å². The monoisotopic (exact) mass is 240 g/mol. The molecule has 1 aromatic heterocycles. The second-order valence-corrected chi connectivity index (χ2v) is 5.21. The minimum absolute atomic E-state index is 0.179. The predicted octanol–water partition coefficient (Wildman–Crippen LogP) is 1.87. The van der Waals surface area contributed by atoms with Crippen molar-refractivity contribution in [3.8, 4) is 0 Å². The SMILES string of the molecule is CN1CCCCC1Cc1nc(C(=O)O)cs1. The third-order valence-corrected chi connectivity index (χ3v) is 3.97. The van der Waals surface area contributed by atoms with E-state index in [1.54, 1.807) is 5.38 Å². The molecule has 2 heterocycles. The lowest BCUT2D eigenvalue weighted by Crippen LogP contribution is -2.37. The Morgan fingerprint density at radius 2 is 2.50 bits per heavy atom. The van der Waals surface area contributed by atoms with Gasteiger partial charge in [-0.15, -0.1) is 11.3 Å². The number of piperidine rings is 1. The molecule has 88 valence electrons. The van der Waals surface area contributed by atoms with Crippen molar-refractivity contribution >= 4 is 17.3 Å². The number of rotatable bonds is 3. The molecule has 1 fully saturated rings. The fourth-order valence-corrected chi connectivity index (χ4v) is 2.95. The summed E-state index contributed by atoms with van der Waals surface area (Å²) in [6, 6.07) is 0.529. The van der Waals surface area contributed by atoms with Crippen LogP contribution < -0.4 is 0 Å². The summed E-state index contributed by atoms with van der Waals surface area (Å²) in [4.78, 5) is 17.2. The molecule has 4 nitrogen and oxygen atoms in total. The standard InChI is InChI=1S/C11H16N2O2S/c1-13-5-3-2-4-8(13)6-10-12-9(7-16-10)11(14)15/h7-8H,2-6H2,1H3,(H,14,15). The molecule has 1 saturated heterocycles. The minimum Gasteiger partial charge on any atom is -0.476 e. The topological polar surface area (TPSA) is 53.4 Å². The van der Waals surface area contributed by atoms with Gasteiger partial charge in [-0.1, -0.05) is 6.42 Å². The maximum atomic E-state index is 10.7. The second kappa shape index (κ2) is 4.93. The first-order chi connectivity index (χ1) is 7.66. The van der Waals surface area contributed by atoms with Crippen LogP contribution in [0.25, 0.3) is 0 Å². The van der Waals surface area contributed by atoms with E-state index in [-0.39, 0.29) is 5.69 Å². The number of likely N-dealkylation sites (tertiary alicyclic amines) is 1. The summed E-state index contributed by atoms with van der Waals surface area (Å²) in [5, 5.41) is 11.4. The summed E-state index contributed by atoms with van der Waals surface area (Å²) in [6.45, 7) is 1.14. The van der Waals surface area contributed by atoms with Crippen molar-refractivity contribution in [3.05, 3.63) is 16.1 Å². The number of hydrogen-bond acceptors (Lipinski definition) is 4. The molecule has 2 rings (SSSR count). The fourth-order valence-electron chi connectivity index (χ4n) is 2.11. The zero-order chi connectivity index (χ0) is 11.5. The largest absolute Gasteiger partial charge is 0.476 e. The zero-order valence-corrected chi connectivity index (χ0v) is 10.2. The second-order valence-electron chi connectivity index (χ2n) is 4.27. The Hall–Kier alpha value is -0.940. The third-order valence-electron chi connectivity index (χ3n) is 3.10.